The van der Waals surface area contributed by atoms with Crippen LogP contribution in [0.1, 0.15) is 31.0 Å². The molecule has 0 aliphatic heterocycles. The molecule has 1 nitrogen and oxygen atoms in total. The summed E-state index contributed by atoms with van der Waals surface area (Å²) >= 11 is 4.40. The molecule has 0 radical (unpaired) electrons. The number of benzene rings is 1. The largest absolute Gasteiger partial charge is 0.416 e. The molecule has 2 aromatic rings. The van der Waals surface area contributed by atoms with Gasteiger partial charge in [-0.25, -0.2) is 0 Å². The molecule has 0 unspecified atom stereocenters. The number of nitrogens with zero attached hydrogens (tertiary/aromatic N) is 1. The Morgan fingerprint density at radius 1 is 1.29 bits per heavy atom. The molecule has 0 saturated heterocycles. The topological polar surface area (TPSA) is 12.9 Å². The van der Waals surface area contributed by atoms with E-state index >= 15 is 0 Å². The van der Waals surface area contributed by atoms with Crippen LogP contribution in [0.5, 0.6) is 0 Å². The third kappa shape index (κ3) is 2.33. The molecule has 1 heterocycles. The van der Waals surface area contributed by atoms with Gasteiger partial charge in [0.25, 0.3) is 0 Å². The van der Waals surface area contributed by atoms with Crippen LogP contribution in [0.15, 0.2) is 16.6 Å². The minimum atomic E-state index is -4.33. The fourth-order valence-corrected chi connectivity index (χ4v) is 3.18. The lowest BCUT2D eigenvalue weighted by molar-refractivity contribution is -0.137. The van der Waals surface area contributed by atoms with Crippen LogP contribution in [-0.4, -0.2) is 4.37 Å². The Morgan fingerprint density at radius 2 is 1.94 bits per heavy atom. The smallest absolute Gasteiger partial charge is 0.196 e. The zero-order valence-corrected chi connectivity index (χ0v) is 11.5. The first-order valence-corrected chi connectivity index (χ1v) is 6.53. The van der Waals surface area contributed by atoms with Gasteiger partial charge in [-0.05, 0) is 45.5 Å². The zero-order valence-electron chi connectivity index (χ0n) is 9.10. The number of alkyl halides is 3. The van der Waals surface area contributed by atoms with E-state index < -0.39 is 11.7 Å². The zero-order chi connectivity index (χ0) is 12.8. The fraction of sp³-hybridized carbons (Fsp3) is 0.364. The minimum absolute atomic E-state index is 0.110. The van der Waals surface area contributed by atoms with E-state index in [4.69, 9.17) is 0 Å². The Bertz CT molecular complexity index is 560. The summed E-state index contributed by atoms with van der Waals surface area (Å²) in [6.45, 7) is 3.84. The summed E-state index contributed by atoms with van der Waals surface area (Å²) in [7, 11) is 0. The van der Waals surface area contributed by atoms with E-state index in [1.165, 1.54) is 17.6 Å². The van der Waals surface area contributed by atoms with Gasteiger partial charge in [-0.2, -0.15) is 17.5 Å². The lowest BCUT2D eigenvalue weighted by Crippen LogP contribution is -2.04. The molecule has 0 N–H and O–H groups in total. The fourth-order valence-electron chi connectivity index (χ4n) is 1.60. The Labute approximate surface area is 109 Å². The highest BCUT2D eigenvalue weighted by Gasteiger charge is 2.32. The van der Waals surface area contributed by atoms with Gasteiger partial charge in [0.05, 0.1) is 16.0 Å². The van der Waals surface area contributed by atoms with Gasteiger partial charge >= 0.3 is 6.18 Å². The van der Waals surface area contributed by atoms with E-state index in [9.17, 15) is 13.2 Å². The molecule has 0 saturated carbocycles. The molecular formula is C11H9BrF3NS. The molecule has 0 aliphatic carbocycles. The predicted molar refractivity (Wildman–Crippen MR) is 66.4 cm³/mol. The number of fused-ring (bicyclic) bond motifs is 1. The summed E-state index contributed by atoms with van der Waals surface area (Å²) in [5.41, 5.74) is 0.0794. The van der Waals surface area contributed by atoms with Crippen molar-refractivity contribution in [1.29, 1.82) is 0 Å². The van der Waals surface area contributed by atoms with Crippen molar-refractivity contribution < 1.29 is 13.2 Å². The predicted octanol–water partition coefficient (Wildman–Crippen LogP) is 5.20. The second kappa shape index (κ2) is 4.24. The molecule has 0 spiro atoms. The molecule has 0 fully saturated rings. The average Bonchev–Trinajstić information content (AvgIpc) is 2.60. The second-order valence-corrected chi connectivity index (χ2v) is 5.68. The van der Waals surface area contributed by atoms with Crippen LogP contribution in [0.4, 0.5) is 13.2 Å². The van der Waals surface area contributed by atoms with Crippen LogP contribution in [0, 0.1) is 0 Å². The standard InChI is InChI=1S/C11H9BrF3NS/c1-5(2)9-7-3-6(11(13,14)15)4-8(12)10(7)17-16-9/h3-5H,1-2H3. The molecular weight excluding hydrogens is 315 g/mol. The minimum Gasteiger partial charge on any atom is -0.196 e. The summed E-state index contributed by atoms with van der Waals surface area (Å²) in [6.07, 6.45) is -4.33. The third-order valence-corrected chi connectivity index (χ3v) is 4.23. The van der Waals surface area contributed by atoms with Crippen molar-refractivity contribution in [2.24, 2.45) is 0 Å². The molecule has 92 valence electrons. The highest BCUT2D eigenvalue weighted by Crippen LogP contribution is 2.39. The molecule has 0 aliphatic rings. The van der Waals surface area contributed by atoms with Crippen LogP contribution in [-0.2, 0) is 6.18 Å². The van der Waals surface area contributed by atoms with Crippen molar-refractivity contribution >= 4 is 37.5 Å². The van der Waals surface area contributed by atoms with Gasteiger partial charge in [0, 0.05) is 9.86 Å². The number of halogens is 4. The Kier molecular flexibility index (Phi) is 3.20. The maximum atomic E-state index is 12.7. The van der Waals surface area contributed by atoms with Crippen LogP contribution < -0.4 is 0 Å². The van der Waals surface area contributed by atoms with Crippen LogP contribution >= 0.6 is 27.5 Å². The summed E-state index contributed by atoms with van der Waals surface area (Å²) in [4.78, 5) is 0. The number of hydrogen-bond acceptors (Lipinski definition) is 2. The van der Waals surface area contributed by atoms with Gasteiger partial charge in [0.15, 0.2) is 0 Å². The molecule has 0 atom stereocenters. The summed E-state index contributed by atoms with van der Waals surface area (Å²) in [6, 6.07) is 2.28. The monoisotopic (exact) mass is 323 g/mol. The summed E-state index contributed by atoms with van der Waals surface area (Å²) < 4.78 is 43.5. The van der Waals surface area contributed by atoms with Gasteiger partial charge in [-0.15, -0.1) is 0 Å². The lowest BCUT2D eigenvalue weighted by Gasteiger charge is -2.08. The van der Waals surface area contributed by atoms with Gasteiger partial charge in [-0.3, -0.25) is 0 Å². The lowest BCUT2D eigenvalue weighted by atomic mass is 10.0. The molecule has 2 rings (SSSR count). The van der Waals surface area contributed by atoms with Gasteiger partial charge in [0.1, 0.15) is 0 Å². The van der Waals surface area contributed by atoms with Crippen LogP contribution in [0.3, 0.4) is 0 Å². The van der Waals surface area contributed by atoms with E-state index in [0.29, 0.717) is 9.86 Å². The van der Waals surface area contributed by atoms with Crippen LogP contribution in [0.25, 0.3) is 10.1 Å². The first kappa shape index (κ1) is 12.8. The Balaban J connectivity index is 2.74. The van der Waals surface area contributed by atoms with Crippen molar-refractivity contribution in [3.63, 3.8) is 0 Å². The summed E-state index contributed by atoms with van der Waals surface area (Å²) in [5.74, 6) is 0.110. The normalized spacial score (nSPS) is 12.6. The number of aromatic nitrogens is 1. The SMILES string of the molecule is CC(C)c1nsc2c(Br)cc(C(F)(F)F)cc12. The molecule has 1 aromatic carbocycles. The highest BCUT2D eigenvalue weighted by atomic mass is 79.9. The summed E-state index contributed by atoms with van der Waals surface area (Å²) in [5, 5.41) is 0.590. The van der Waals surface area contributed by atoms with E-state index in [1.54, 1.807) is 0 Å². The molecule has 0 amide bonds. The van der Waals surface area contributed by atoms with Crippen molar-refractivity contribution in [3.05, 3.63) is 27.9 Å². The maximum absolute atomic E-state index is 12.7. The Morgan fingerprint density at radius 3 is 2.47 bits per heavy atom. The average molecular weight is 324 g/mol. The van der Waals surface area contributed by atoms with E-state index in [1.807, 2.05) is 13.8 Å². The highest BCUT2D eigenvalue weighted by molar-refractivity contribution is 9.10. The first-order valence-electron chi connectivity index (χ1n) is 4.96. The van der Waals surface area contributed by atoms with Gasteiger partial charge in [-0.1, -0.05) is 13.8 Å². The molecule has 17 heavy (non-hydrogen) atoms. The van der Waals surface area contributed by atoms with E-state index in [-0.39, 0.29) is 5.92 Å². The van der Waals surface area contributed by atoms with Crippen molar-refractivity contribution in [2.45, 2.75) is 25.9 Å². The van der Waals surface area contributed by atoms with Crippen molar-refractivity contribution in [1.82, 2.24) is 4.37 Å². The molecule has 0 bridgehead atoms. The molecule has 6 heteroatoms. The quantitative estimate of drug-likeness (QED) is 0.702. The first-order chi connectivity index (χ1) is 7.80. The second-order valence-electron chi connectivity index (χ2n) is 4.06. The van der Waals surface area contributed by atoms with Crippen LogP contribution in [0.2, 0.25) is 0 Å². The molecule has 1 aromatic heterocycles. The third-order valence-electron chi connectivity index (χ3n) is 2.43. The van der Waals surface area contributed by atoms with Gasteiger partial charge in [0.2, 0.25) is 0 Å². The Hall–Kier alpha value is -0.620. The number of rotatable bonds is 1. The van der Waals surface area contributed by atoms with Gasteiger partial charge < -0.3 is 0 Å². The number of hydrogen-bond donors (Lipinski definition) is 0. The van der Waals surface area contributed by atoms with Crippen molar-refractivity contribution in [2.75, 3.05) is 0 Å². The maximum Gasteiger partial charge on any atom is 0.416 e. The van der Waals surface area contributed by atoms with E-state index in [0.717, 1.165) is 16.5 Å². The van der Waals surface area contributed by atoms with Crippen molar-refractivity contribution in [3.8, 4) is 0 Å². The van der Waals surface area contributed by atoms with E-state index in [2.05, 4.69) is 20.3 Å².